The first kappa shape index (κ1) is 21.0. The molecule has 146 valence electrons. The fraction of sp³-hybridized carbons (Fsp3) is 0.412. The number of ether oxygens (including phenoxy) is 1. The Morgan fingerprint density at radius 2 is 1.96 bits per heavy atom. The molecule has 4 amide bonds. The minimum absolute atomic E-state index is 0.135. The summed E-state index contributed by atoms with van der Waals surface area (Å²) in [4.78, 5) is 48.8. The van der Waals surface area contributed by atoms with Crippen molar-refractivity contribution >= 4 is 52.7 Å². The maximum atomic E-state index is 12.1. The highest BCUT2D eigenvalue weighted by molar-refractivity contribution is 6.36. The summed E-state index contributed by atoms with van der Waals surface area (Å²) in [5.41, 5.74) is -0.679. The molecule has 8 nitrogen and oxygen atoms in total. The largest absolute Gasteiger partial charge is 0.452 e. The Labute approximate surface area is 166 Å². The van der Waals surface area contributed by atoms with Crippen LogP contribution >= 0.6 is 23.2 Å². The molecule has 0 saturated carbocycles. The molecule has 1 aliphatic heterocycles. The van der Waals surface area contributed by atoms with Crippen molar-refractivity contribution in [2.45, 2.75) is 38.8 Å². The number of hydrogen-bond acceptors (Lipinski definition) is 5. The lowest BCUT2D eigenvalue weighted by atomic mass is 10.1. The van der Waals surface area contributed by atoms with Gasteiger partial charge in [-0.05, 0) is 39.0 Å². The number of urea groups is 1. The SMILES string of the molecule is C[C@H](OC(=O)CCN1C(=O)NC(C)(C)C1=O)C(=O)Nc1ccc(Cl)cc1Cl. The monoisotopic (exact) mass is 415 g/mol. The summed E-state index contributed by atoms with van der Waals surface area (Å²) < 4.78 is 5.04. The van der Waals surface area contributed by atoms with Crippen molar-refractivity contribution in [2.24, 2.45) is 0 Å². The van der Waals surface area contributed by atoms with E-state index in [0.29, 0.717) is 10.7 Å². The van der Waals surface area contributed by atoms with Crippen LogP contribution in [-0.2, 0) is 19.1 Å². The Kier molecular flexibility index (Phi) is 6.33. The van der Waals surface area contributed by atoms with Crippen molar-refractivity contribution in [3.8, 4) is 0 Å². The predicted octanol–water partition coefficient (Wildman–Crippen LogP) is 2.58. The van der Waals surface area contributed by atoms with E-state index < -0.39 is 35.5 Å². The summed E-state index contributed by atoms with van der Waals surface area (Å²) in [6.45, 7) is 4.40. The predicted molar refractivity (Wildman–Crippen MR) is 99.6 cm³/mol. The van der Waals surface area contributed by atoms with E-state index in [0.717, 1.165) is 4.90 Å². The zero-order valence-electron chi connectivity index (χ0n) is 15.0. The van der Waals surface area contributed by atoms with Crippen molar-refractivity contribution < 1.29 is 23.9 Å². The van der Waals surface area contributed by atoms with Crippen molar-refractivity contribution in [1.82, 2.24) is 10.2 Å². The van der Waals surface area contributed by atoms with Gasteiger partial charge in [-0.3, -0.25) is 19.3 Å². The van der Waals surface area contributed by atoms with Crippen LogP contribution in [0.25, 0.3) is 0 Å². The Hall–Kier alpha value is -2.32. The average Bonchev–Trinajstić information content (AvgIpc) is 2.75. The summed E-state index contributed by atoms with van der Waals surface area (Å²) in [5, 5.41) is 5.70. The quantitative estimate of drug-likeness (QED) is 0.548. The van der Waals surface area contributed by atoms with Crippen molar-refractivity contribution in [1.29, 1.82) is 0 Å². The molecule has 0 unspecified atom stereocenters. The maximum Gasteiger partial charge on any atom is 0.325 e. The van der Waals surface area contributed by atoms with Gasteiger partial charge >= 0.3 is 12.0 Å². The third-order valence-corrected chi connectivity index (χ3v) is 4.40. The van der Waals surface area contributed by atoms with E-state index in [1.807, 2.05) is 0 Å². The van der Waals surface area contributed by atoms with Gasteiger partial charge in [-0.1, -0.05) is 23.2 Å². The van der Waals surface area contributed by atoms with Crippen molar-refractivity contribution in [3.63, 3.8) is 0 Å². The Morgan fingerprint density at radius 1 is 1.30 bits per heavy atom. The molecule has 0 spiro atoms. The number of halogens is 2. The van der Waals surface area contributed by atoms with Gasteiger partial charge < -0.3 is 15.4 Å². The Bertz CT molecular complexity index is 797. The lowest BCUT2D eigenvalue weighted by molar-refractivity contribution is -0.153. The van der Waals surface area contributed by atoms with Crippen LogP contribution in [0.1, 0.15) is 27.2 Å². The zero-order chi connectivity index (χ0) is 20.4. The number of hydrogen-bond donors (Lipinski definition) is 2. The van der Waals surface area contributed by atoms with Crippen molar-refractivity contribution in [2.75, 3.05) is 11.9 Å². The molecule has 1 aliphatic rings. The standard InChI is InChI=1S/C17H19Cl2N3O5/c1-9(14(24)20-12-5-4-10(18)8-11(12)19)27-13(23)6-7-22-15(25)17(2,3)21-16(22)26/h4-5,8-9H,6-7H2,1-3H3,(H,20,24)(H,21,26)/t9-/m0/s1. The highest BCUT2D eigenvalue weighted by Gasteiger charge is 2.44. The minimum atomic E-state index is -1.09. The number of benzene rings is 1. The summed E-state index contributed by atoms with van der Waals surface area (Å²) >= 11 is 11.8. The van der Waals surface area contributed by atoms with E-state index in [1.54, 1.807) is 19.9 Å². The van der Waals surface area contributed by atoms with E-state index >= 15 is 0 Å². The van der Waals surface area contributed by atoms with Gasteiger partial charge in [-0.15, -0.1) is 0 Å². The van der Waals surface area contributed by atoms with Gasteiger partial charge in [0.05, 0.1) is 17.1 Å². The molecule has 1 fully saturated rings. The van der Waals surface area contributed by atoms with Gasteiger partial charge in [0.25, 0.3) is 11.8 Å². The number of esters is 1. The first-order chi connectivity index (χ1) is 12.5. The number of rotatable bonds is 6. The maximum absolute atomic E-state index is 12.1. The lowest BCUT2D eigenvalue weighted by Gasteiger charge is -2.17. The third-order valence-electron chi connectivity index (χ3n) is 3.85. The summed E-state index contributed by atoms with van der Waals surface area (Å²) in [7, 11) is 0. The van der Waals surface area contributed by atoms with E-state index in [-0.39, 0.29) is 18.0 Å². The second-order valence-corrected chi connectivity index (χ2v) is 7.35. The number of anilines is 1. The molecule has 2 N–H and O–H groups in total. The van der Waals surface area contributed by atoms with Gasteiger partial charge in [0.1, 0.15) is 5.54 Å². The normalized spacial score (nSPS) is 16.7. The topological polar surface area (TPSA) is 105 Å². The molecule has 1 heterocycles. The van der Waals surface area contributed by atoms with E-state index in [4.69, 9.17) is 27.9 Å². The highest BCUT2D eigenvalue weighted by atomic mass is 35.5. The van der Waals surface area contributed by atoms with Crippen LogP contribution in [0.2, 0.25) is 10.0 Å². The fourth-order valence-corrected chi connectivity index (χ4v) is 2.81. The number of amides is 4. The molecule has 27 heavy (non-hydrogen) atoms. The molecule has 0 aliphatic carbocycles. The molecule has 2 rings (SSSR count). The van der Waals surface area contributed by atoms with Crippen LogP contribution in [0.4, 0.5) is 10.5 Å². The first-order valence-corrected chi connectivity index (χ1v) is 8.86. The van der Waals surface area contributed by atoms with Gasteiger partial charge in [0.2, 0.25) is 0 Å². The molecule has 1 aromatic carbocycles. The molecule has 0 radical (unpaired) electrons. The molecular formula is C17H19Cl2N3O5. The first-order valence-electron chi connectivity index (χ1n) is 8.11. The smallest absolute Gasteiger partial charge is 0.325 e. The summed E-state index contributed by atoms with van der Waals surface area (Å²) in [5.74, 6) is -1.72. The number of nitrogens with one attached hydrogen (secondary N) is 2. The van der Waals surface area contributed by atoms with Gasteiger partial charge in [0, 0.05) is 11.6 Å². The van der Waals surface area contributed by atoms with Crippen LogP contribution in [-0.4, -0.2) is 46.9 Å². The average molecular weight is 416 g/mol. The molecule has 1 aromatic rings. The van der Waals surface area contributed by atoms with E-state index in [2.05, 4.69) is 10.6 Å². The van der Waals surface area contributed by atoms with E-state index in [9.17, 15) is 19.2 Å². The number of carbonyl (C=O) groups excluding carboxylic acids is 4. The van der Waals surface area contributed by atoms with Gasteiger partial charge in [-0.25, -0.2) is 4.79 Å². The van der Waals surface area contributed by atoms with Crippen LogP contribution in [0.3, 0.4) is 0 Å². The summed E-state index contributed by atoms with van der Waals surface area (Å²) in [6.07, 6.45) is -1.32. The Balaban J connectivity index is 1.85. The van der Waals surface area contributed by atoms with Gasteiger partial charge in [0.15, 0.2) is 6.10 Å². The molecule has 1 atom stereocenters. The Morgan fingerprint density at radius 3 is 2.52 bits per heavy atom. The highest BCUT2D eigenvalue weighted by Crippen LogP contribution is 2.25. The molecular weight excluding hydrogens is 397 g/mol. The van der Waals surface area contributed by atoms with Crippen LogP contribution < -0.4 is 10.6 Å². The zero-order valence-corrected chi connectivity index (χ0v) is 16.5. The number of carbonyl (C=O) groups is 4. The summed E-state index contributed by atoms with van der Waals surface area (Å²) in [6, 6.07) is 3.98. The molecule has 1 saturated heterocycles. The minimum Gasteiger partial charge on any atom is -0.452 e. The van der Waals surface area contributed by atoms with E-state index in [1.165, 1.54) is 19.1 Å². The molecule has 0 bridgehead atoms. The van der Waals surface area contributed by atoms with Crippen molar-refractivity contribution in [3.05, 3.63) is 28.2 Å². The second-order valence-electron chi connectivity index (χ2n) is 6.51. The van der Waals surface area contributed by atoms with Crippen LogP contribution in [0.5, 0.6) is 0 Å². The van der Waals surface area contributed by atoms with Crippen LogP contribution in [0.15, 0.2) is 18.2 Å². The number of nitrogens with zero attached hydrogens (tertiary/aromatic N) is 1. The fourth-order valence-electron chi connectivity index (χ4n) is 2.36. The molecule has 10 heteroatoms. The van der Waals surface area contributed by atoms with Gasteiger partial charge in [-0.2, -0.15) is 0 Å². The third kappa shape index (κ3) is 5.11. The lowest BCUT2D eigenvalue weighted by Crippen LogP contribution is -2.40. The van der Waals surface area contributed by atoms with Crippen LogP contribution in [0, 0.1) is 0 Å². The molecule has 0 aromatic heterocycles. The number of imide groups is 1. The second kappa shape index (κ2) is 8.14.